The van der Waals surface area contributed by atoms with Crippen molar-refractivity contribution in [1.29, 1.82) is 0 Å². The van der Waals surface area contributed by atoms with E-state index in [0.29, 0.717) is 11.1 Å². The molecule has 1 unspecified atom stereocenters. The van der Waals surface area contributed by atoms with Crippen LogP contribution in [0.15, 0.2) is 53.0 Å². The molecule has 8 heteroatoms. The lowest BCUT2D eigenvalue weighted by atomic mass is 10.1. The molecule has 134 valence electrons. The molecular formula is C17H17BrFNO4S. The average Bonchev–Trinajstić information content (AvgIpc) is 2.51. The highest BCUT2D eigenvalue weighted by molar-refractivity contribution is 9.10. The second kappa shape index (κ2) is 8.55. The molecule has 1 atom stereocenters. The summed E-state index contributed by atoms with van der Waals surface area (Å²) in [7, 11) is -3.64. The minimum absolute atomic E-state index is 0.200. The van der Waals surface area contributed by atoms with E-state index in [4.69, 9.17) is 0 Å². The summed E-state index contributed by atoms with van der Waals surface area (Å²) in [5.74, 6) is -2.16. The summed E-state index contributed by atoms with van der Waals surface area (Å²) >= 11 is 3.26. The average molecular weight is 430 g/mol. The number of nitrogens with one attached hydrogen (secondary N) is 1. The van der Waals surface area contributed by atoms with Crippen LogP contribution in [0.1, 0.15) is 17.2 Å². The number of hydrogen-bond acceptors (Lipinski definition) is 4. The molecule has 0 bridgehead atoms. The first-order chi connectivity index (χ1) is 11.7. The second-order valence-corrected chi connectivity index (χ2v) is 8.52. The Morgan fingerprint density at radius 1 is 1.20 bits per heavy atom. The van der Waals surface area contributed by atoms with Crippen LogP contribution in [0, 0.1) is 5.82 Å². The van der Waals surface area contributed by atoms with E-state index in [1.807, 2.05) is 0 Å². The molecule has 0 aromatic heterocycles. The van der Waals surface area contributed by atoms with Crippen molar-refractivity contribution in [3.63, 3.8) is 0 Å². The third-order valence-electron chi connectivity index (χ3n) is 3.35. The molecule has 0 aliphatic carbocycles. The predicted octanol–water partition coefficient (Wildman–Crippen LogP) is 2.35. The van der Waals surface area contributed by atoms with Crippen molar-refractivity contribution in [1.82, 2.24) is 5.32 Å². The maximum atomic E-state index is 13.1. The number of hydrogen-bond donors (Lipinski definition) is 2. The lowest BCUT2D eigenvalue weighted by Crippen LogP contribution is -2.33. The van der Waals surface area contributed by atoms with Crippen LogP contribution in [0.3, 0.4) is 0 Å². The maximum Gasteiger partial charge on any atom is 0.235 e. The lowest BCUT2D eigenvalue weighted by molar-refractivity contribution is -0.119. The molecule has 0 spiro atoms. The molecule has 0 aliphatic rings. The normalized spacial score (nSPS) is 12.6. The number of sulfone groups is 1. The Bertz CT molecular complexity index is 857. The van der Waals surface area contributed by atoms with Gasteiger partial charge in [-0.3, -0.25) is 4.79 Å². The highest BCUT2D eigenvalue weighted by atomic mass is 79.9. The Labute approximate surface area is 153 Å². The summed E-state index contributed by atoms with van der Waals surface area (Å²) < 4.78 is 38.0. The van der Waals surface area contributed by atoms with Crippen molar-refractivity contribution in [2.24, 2.45) is 0 Å². The van der Waals surface area contributed by atoms with E-state index in [2.05, 4.69) is 21.2 Å². The van der Waals surface area contributed by atoms with Crippen LogP contribution >= 0.6 is 15.9 Å². The zero-order chi connectivity index (χ0) is 18.4. The molecule has 0 saturated carbocycles. The summed E-state index contributed by atoms with van der Waals surface area (Å²) in [5, 5.41) is 12.3. The van der Waals surface area contributed by atoms with Crippen molar-refractivity contribution in [3.8, 4) is 0 Å². The Hall–Kier alpha value is -1.77. The second-order valence-electron chi connectivity index (χ2n) is 5.54. The fourth-order valence-electron chi connectivity index (χ4n) is 2.22. The lowest BCUT2D eigenvalue weighted by Gasteiger charge is -2.12. The van der Waals surface area contributed by atoms with Crippen molar-refractivity contribution in [2.45, 2.75) is 11.9 Å². The standard InChI is InChI=1S/C17H17BrFNO4S/c18-14-5-1-3-12(7-14)10-25(23,24)11-17(22)20-9-16(21)13-4-2-6-15(19)8-13/h1-8,16,21H,9-11H2,(H,20,22). The first-order valence-electron chi connectivity index (χ1n) is 7.40. The predicted molar refractivity (Wildman–Crippen MR) is 96.0 cm³/mol. The summed E-state index contributed by atoms with van der Waals surface area (Å²) in [6, 6.07) is 12.2. The number of carbonyl (C=O) groups is 1. The molecule has 0 aliphatic heterocycles. The molecule has 2 aromatic rings. The van der Waals surface area contributed by atoms with Gasteiger partial charge in [-0.25, -0.2) is 12.8 Å². The zero-order valence-electron chi connectivity index (χ0n) is 13.2. The summed E-state index contributed by atoms with van der Waals surface area (Å²) in [5.41, 5.74) is 0.874. The van der Waals surface area contributed by atoms with Crippen molar-refractivity contribution >= 4 is 31.7 Å². The van der Waals surface area contributed by atoms with E-state index >= 15 is 0 Å². The Balaban J connectivity index is 1.88. The summed E-state index contributed by atoms with van der Waals surface area (Å²) in [6.07, 6.45) is -1.12. The molecule has 5 nitrogen and oxygen atoms in total. The highest BCUT2D eigenvalue weighted by Crippen LogP contribution is 2.15. The number of rotatable bonds is 7. The molecule has 25 heavy (non-hydrogen) atoms. The van der Waals surface area contributed by atoms with Crippen LogP contribution in [0.5, 0.6) is 0 Å². The fraction of sp³-hybridized carbons (Fsp3) is 0.235. The Morgan fingerprint density at radius 2 is 1.92 bits per heavy atom. The van der Waals surface area contributed by atoms with Gasteiger partial charge in [0.25, 0.3) is 0 Å². The summed E-state index contributed by atoms with van der Waals surface area (Å²) in [4.78, 5) is 11.8. The van der Waals surface area contributed by atoms with E-state index in [1.54, 1.807) is 24.3 Å². The van der Waals surface area contributed by atoms with Gasteiger partial charge in [0.2, 0.25) is 5.91 Å². The van der Waals surface area contributed by atoms with Crippen molar-refractivity contribution in [3.05, 3.63) is 69.9 Å². The van der Waals surface area contributed by atoms with E-state index < -0.39 is 33.4 Å². The molecule has 2 rings (SSSR count). The van der Waals surface area contributed by atoms with Gasteiger partial charge < -0.3 is 10.4 Å². The molecule has 0 saturated heterocycles. The van der Waals surface area contributed by atoms with Crippen LogP contribution in [0.2, 0.25) is 0 Å². The molecule has 0 heterocycles. The van der Waals surface area contributed by atoms with E-state index in [1.165, 1.54) is 18.2 Å². The van der Waals surface area contributed by atoms with E-state index in [0.717, 1.165) is 10.5 Å². The number of aliphatic hydroxyl groups excluding tert-OH is 1. The number of carbonyl (C=O) groups excluding carboxylic acids is 1. The van der Waals surface area contributed by atoms with Crippen molar-refractivity contribution < 1.29 is 22.7 Å². The fourth-order valence-corrected chi connectivity index (χ4v) is 3.96. The smallest absolute Gasteiger partial charge is 0.235 e. The van der Waals surface area contributed by atoms with Gasteiger partial charge >= 0.3 is 0 Å². The Morgan fingerprint density at radius 3 is 2.60 bits per heavy atom. The molecular weight excluding hydrogens is 413 g/mol. The first-order valence-corrected chi connectivity index (χ1v) is 10.0. The highest BCUT2D eigenvalue weighted by Gasteiger charge is 2.18. The van der Waals surface area contributed by atoms with Crippen LogP contribution in [0.25, 0.3) is 0 Å². The van der Waals surface area contributed by atoms with Gasteiger partial charge in [-0.2, -0.15) is 0 Å². The van der Waals surface area contributed by atoms with Crippen LogP contribution in [-0.2, 0) is 20.4 Å². The SMILES string of the molecule is O=C(CS(=O)(=O)Cc1cccc(Br)c1)NCC(O)c1cccc(F)c1. The number of halogens is 2. The maximum absolute atomic E-state index is 13.1. The van der Waals surface area contributed by atoms with Gasteiger partial charge in [0, 0.05) is 11.0 Å². The Kier molecular flexibility index (Phi) is 6.69. The topological polar surface area (TPSA) is 83.5 Å². The van der Waals surface area contributed by atoms with Crippen molar-refractivity contribution in [2.75, 3.05) is 12.3 Å². The molecule has 0 fully saturated rings. The first kappa shape index (κ1) is 19.6. The number of benzene rings is 2. The molecule has 2 aromatic carbocycles. The van der Waals surface area contributed by atoms with E-state index in [9.17, 15) is 22.7 Å². The van der Waals surface area contributed by atoms with Gasteiger partial charge in [0.1, 0.15) is 11.6 Å². The third-order valence-corrected chi connectivity index (χ3v) is 5.32. The minimum Gasteiger partial charge on any atom is -0.387 e. The number of amides is 1. The van der Waals surface area contributed by atoms with Crippen LogP contribution in [0.4, 0.5) is 4.39 Å². The monoisotopic (exact) mass is 429 g/mol. The summed E-state index contributed by atoms with van der Waals surface area (Å²) in [6.45, 7) is -0.200. The largest absolute Gasteiger partial charge is 0.387 e. The quantitative estimate of drug-likeness (QED) is 0.707. The van der Waals surface area contributed by atoms with Crippen LogP contribution < -0.4 is 5.32 Å². The van der Waals surface area contributed by atoms with Gasteiger partial charge in [-0.15, -0.1) is 0 Å². The molecule has 2 N–H and O–H groups in total. The van der Waals surface area contributed by atoms with Gasteiger partial charge in [-0.1, -0.05) is 40.2 Å². The van der Waals surface area contributed by atoms with E-state index in [-0.39, 0.29) is 12.3 Å². The van der Waals surface area contributed by atoms with Gasteiger partial charge in [0.15, 0.2) is 9.84 Å². The number of aliphatic hydroxyl groups is 1. The molecule has 1 amide bonds. The third kappa shape index (κ3) is 6.56. The van der Waals surface area contributed by atoms with Gasteiger partial charge in [-0.05, 0) is 35.4 Å². The van der Waals surface area contributed by atoms with Crippen LogP contribution in [-0.4, -0.2) is 31.7 Å². The van der Waals surface area contributed by atoms with Gasteiger partial charge in [0.05, 0.1) is 11.9 Å². The molecule has 0 radical (unpaired) electrons. The minimum atomic E-state index is -3.64. The zero-order valence-corrected chi connectivity index (χ0v) is 15.6.